The van der Waals surface area contributed by atoms with Gasteiger partial charge >= 0.3 is 12.1 Å². The van der Waals surface area contributed by atoms with Gasteiger partial charge in [-0.2, -0.15) is 13.2 Å². The number of carboxylic acid groups (broad SMARTS) is 1. The summed E-state index contributed by atoms with van der Waals surface area (Å²) >= 11 is 0. The van der Waals surface area contributed by atoms with Gasteiger partial charge in [-0.05, 0) is 49.2 Å². The molecule has 2 atom stereocenters. The van der Waals surface area contributed by atoms with Crippen LogP contribution in [0, 0.1) is 5.82 Å². The Hall–Kier alpha value is -3.63. The van der Waals surface area contributed by atoms with Gasteiger partial charge in [0.15, 0.2) is 5.82 Å². The molecule has 1 aromatic heterocycles. The van der Waals surface area contributed by atoms with E-state index in [1.807, 2.05) is 0 Å². The molecule has 1 aliphatic rings. The highest BCUT2D eigenvalue weighted by molar-refractivity contribution is 5.76. The molecule has 0 bridgehead atoms. The Labute approximate surface area is 210 Å². The second-order valence-electron chi connectivity index (χ2n) is 8.97. The molecule has 0 amide bonds. The summed E-state index contributed by atoms with van der Waals surface area (Å²) in [5, 5.41) is 29.0. The van der Waals surface area contributed by atoms with E-state index in [9.17, 15) is 32.6 Å². The van der Waals surface area contributed by atoms with Crippen LogP contribution in [0.1, 0.15) is 48.4 Å². The van der Waals surface area contributed by atoms with Crippen molar-refractivity contribution < 1.29 is 37.7 Å². The van der Waals surface area contributed by atoms with Crippen LogP contribution in [0.2, 0.25) is 0 Å². The van der Waals surface area contributed by atoms with Gasteiger partial charge in [0.25, 0.3) is 0 Å². The van der Waals surface area contributed by atoms with Gasteiger partial charge in [-0.3, -0.25) is 4.79 Å². The first-order valence-corrected chi connectivity index (χ1v) is 11.6. The lowest BCUT2D eigenvalue weighted by Gasteiger charge is -2.15. The summed E-state index contributed by atoms with van der Waals surface area (Å²) in [5.74, 6) is -1.56. The summed E-state index contributed by atoms with van der Waals surface area (Å²) in [6, 6.07) is 10.2. The molecule has 1 aliphatic carbocycles. The van der Waals surface area contributed by atoms with Gasteiger partial charge in [0.05, 0.1) is 35.6 Å². The summed E-state index contributed by atoms with van der Waals surface area (Å²) in [6.07, 6.45) is -3.15. The fourth-order valence-electron chi connectivity index (χ4n) is 3.96. The minimum absolute atomic E-state index is 0.0288. The van der Waals surface area contributed by atoms with Gasteiger partial charge in [-0.15, -0.1) is 0 Å². The number of rotatable bonds is 9. The number of carboxylic acids is 1. The summed E-state index contributed by atoms with van der Waals surface area (Å²) in [7, 11) is 0. The lowest BCUT2D eigenvalue weighted by atomic mass is 9.99. The minimum atomic E-state index is -4.54. The van der Waals surface area contributed by atoms with Crippen molar-refractivity contribution >= 4 is 12.0 Å². The lowest BCUT2D eigenvalue weighted by Crippen LogP contribution is -2.19. The molecule has 0 aliphatic heterocycles. The van der Waals surface area contributed by atoms with Crippen molar-refractivity contribution in [1.82, 2.24) is 9.97 Å². The summed E-state index contributed by atoms with van der Waals surface area (Å²) in [5.41, 5.74) is 1.27. The molecule has 0 spiro atoms. The topological polar surface area (TPSA) is 104 Å². The predicted molar refractivity (Wildman–Crippen MR) is 128 cm³/mol. The van der Waals surface area contributed by atoms with Crippen LogP contribution >= 0.6 is 0 Å². The van der Waals surface area contributed by atoms with Crippen molar-refractivity contribution in [2.24, 2.45) is 0 Å². The van der Waals surface area contributed by atoms with Crippen molar-refractivity contribution in [1.29, 1.82) is 0 Å². The van der Waals surface area contributed by atoms with Gasteiger partial charge in [0, 0.05) is 29.0 Å². The maximum atomic E-state index is 13.6. The van der Waals surface area contributed by atoms with E-state index in [2.05, 4.69) is 9.97 Å². The highest BCUT2D eigenvalue weighted by Crippen LogP contribution is 2.44. The number of aliphatic hydroxyl groups is 2. The standard InChI is InChI=1S/C27H24F4N2O4/c28-19-8-6-16(7-9-19)25-22(11-10-20(34)13-21(35)14-23(36)37)24(15-4-5-15)32-26(33-25)17-2-1-3-18(12-17)27(29,30)31/h1-3,6-12,15,20-21,34-35H,4-5,13-14H2,(H,36,37)/b11-10+. The Morgan fingerprint density at radius 3 is 2.38 bits per heavy atom. The summed E-state index contributed by atoms with van der Waals surface area (Å²) in [6.45, 7) is 0. The van der Waals surface area contributed by atoms with Crippen molar-refractivity contribution in [2.45, 2.75) is 50.0 Å². The number of aromatic nitrogens is 2. The SMILES string of the molecule is O=C(O)CC(O)CC(O)/C=C/c1c(-c2ccc(F)cc2)nc(-c2cccc(C(F)(F)F)c2)nc1C1CC1. The van der Waals surface area contributed by atoms with Gasteiger partial charge in [-0.25, -0.2) is 14.4 Å². The Kier molecular flexibility index (Phi) is 7.70. The number of aliphatic carboxylic acids is 1. The molecule has 3 aromatic rings. The van der Waals surface area contributed by atoms with Gasteiger partial charge in [-0.1, -0.05) is 24.3 Å². The summed E-state index contributed by atoms with van der Waals surface area (Å²) in [4.78, 5) is 19.9. The molecule has 4 rings (SSSR count). The zero-order valence-corrected chi connectivity index (χ0v) is 19.5. The monoisotopic (exact) mass is 516 g/mol. The van der Waals surface area contributed by atoms with E-state index < -0.39 is 42.2 Å². The van der Waals surface area contributed by atoms with Crippen LogP contribution in [0.4, 0.5) is 17.6 Å². The average molecular weight is 516 g/mol. The average Bonchev–Trinajstić information content (AvgIpc) is 3.67. The van der Waals surface area contributed by atoms with E-state index >= 15 is 0 Å². The summed E-state index contributed by atoms with van der Waals surface area (Å²) < 4.78 is 53.6. The third-order valence-electron chi connectivity index (χ3n) is 5.91. The smallest absolute Gasteiger partial charge is 0.416 e. The maximum Gasteiger partial charge on any atom is 0.416 e. The number of alkyl halides is 3. The number of halogens is 4. The van der Waals surface area contributed by atoms with Crippen LogP contribution in [-0.2, 0) is 11.0 Å². The first-order valence-electron chi connectivity index (χ1n) is 11.6. The predicted octanol–water partition coefficient (Wildman–Crippen LogP) is 5.45. The number of hydrogen-bond donors (Lipinski definition) is 3. The molecule has 6 nitrogen and oxygen atoms in total. The van der Waals surface area contributed by atoms with Gasteiger partial charge in [0.2, 0.25) is 0 Å². The fourth-order valence-corrected chi connectivity index (χ4v) is 3.96. The van der Waals surface area contributed by atoms with Crippen LogP contribution < -0.4 is 0 Å². The Morgan fingerprint density at radius 1 is 1.05 bits per heavy atom. The molecule has 0 saturated heterocycles. The third kappa shape index (κ3) is 6.78. The molecule has 37 heavy (non-hydrogen) atoms. The third-order valence-corrected chi connectivity index (χ3v) is 5.91. The number of hydrogen-bond acceptors (Lipinski definition) is 5. The zero-order chi connectivity index (χ0) is 26.7. The minimum Gasteiger partial charge on any atom is -0.481 e. The molecular weight excluding hydrogens is 492 g/mol. The first-order chi connectivity index (χ1) is 17.5. The molecule has 10 heteroatoms. The Bertz CT molecular complexity index is 1300. The number of benzene rings is 2. The van der Waals surface area contributed by atoms with Gasteiger partial charge in [0.1, 0.15) is 5.82 Å². The second kappa shape index (κ2) is 10.8. The molecule has 194 valence electrons. The second-order valence-corrected chi connectivity index (χ2v) is 8.97. The van der Waals surface area contributed by atoms with E-state index in [4.69, 9.17) is 5.11 Å². The number of aliphatic hydroxyl groups excluding tert-OH is 2. The molecule has 1 heterocycles. The van der Waals surface area contributed by atoms with Crippen LogP contribution in [0.3, 0.4) is 0 Å². The maximum absolute atomic E-state index is 13.6. The van der Waals surface area contributed by atoms with E-state index in [1.165, 1.54) is 42.5 Å². The Balaban J connectivity index is 1.80. The van der Waals surface area contributed by atoms with Crippen molar-refractivity contribution in [2.75, 3.05) is 0 Å². The fraction of sp³-hybridized carbons (Fsp3) is 0.296. The van der Waals surface area contributed by atoms with E-state index in [-0.39, 0.29) is 23.7 Å². The molecular formula is C27H24F4N2O4. The molecule has 2 unspecified atom stereocenters. The van der Waals surface area contributed by atoms with E-state index in [0.29, 0.717) is 22.5 Å². The van der Waals surface area contributed by atoms with Crippen molar-refractivity contribution in [3.63, 3.8) is 0 Å². The lowest BCUT2D eigenvalue weighted by molar-refractivity contribution is -0.139. The number of nitrogens with zero attached hydrogens (tertiary/aromatic N) is 2. The van der Waals surface area contributed by atoms with Crippen LogP contribution in [-0.4, -0.2) is 43.5 Å². The zero-order valence-electron chi connectivity index (χ0n) is 19.5. The first kappa shape index (κ1) is 26.4. The molecule has 1 fully saturated rings. The Morgan fingerprint density at radius 2 is 1.76 bits per heavy atom. The molecule has 2 aromatic carbocycles. The van der Waals surface area contributed by atoms with Crippen molar-refractivity contribution in [3.8, 4) is 22.6 Å². The van der Waals surface area contributed by atoms with Crippen LogP contribution in [0.25, 0.3) is 28.7 Å². The van der Waals surface area contributed by atoms with E-state index in [0.717, 1.165) is 25.0 Å². The highest BCUT2D eigenvalue weighted by Gasteiger charge is 2.32. The highest BCUT2D eigenvalue weighted by atomic mass is 19.4. The quantitative estimate of drug-likeness (QED) is 0.327. The number of carbonyl (C=O) groups is 1. The van der Waals surface area contributed by atoms with Crippen LogP contribution in [0.5, 0.6) is 0 Å². The normalized spacial score (nSPS) is 15.6. The van der Waals surface area contributed by atoms with Gasteiger partial charge < -0.3 is 15.3 Å². The molecule has 1 saturated carbocycles. The largest absolute Gasteiger partial charge is 0.481 e. The van der Waals surface area contributed by atoms with E-state index in [1.54, 1.807) is 6.08 Å². The molecule has 3 N–H and O–H groups in total. The molecule has 0 radical (unpaired) electrons. The van der Waals surface area contributed by atoms with Crippen molar-refractivity contribution in [3.05, 3.63) is 77.2 Å². The van der Waals surface area contributed by atoms with Crippen LogP contribution in [0.15, 0.2) is 54.6 Å².